The number of carboxylic acid groups (broad SMARTS) is 1. The topological polar surface area (TPSA) is 98.3 Å². The molecule has 0 saturated carbocycles. The molecule has 0 aromatic carbocycles. The van der Waals surface area contributed by atoms with E-state index in [0.29, 0.717) is 6.42 Å². The fourth-order valence-electron chi connectivity index (χ4n) is 1.97. The Balaban J connectivity index is 1.77. The Morgan fingerprint density at radius 3 is 2.78 bits per heavy atom. The predicted octanol–water partition coefficient (Wildman–Crippen LogP) is 0.532. The number of carboxylic acids is 1. The summed E-state index contributed by atoms with van der Waals surface area (Å²) in [6.07, 6.45) is 2.79. The standard InChI is InChI=1S/C11H16N4O3/c16-10(3-6-15-4-1-2-5-15)12-9-7-8(11(17)18)13-14-9/h7H,1-6H2,(H,17,18)(H2,12,13,14,16). The summed E-state index contributed by atoms with van der Waals surface area (Å²) in [5.74, 6) is -0.996. The molecule has 7 nitrogen and oxygen atoms in total. The maximum atomic E-state index is 11.6. The van der Waals surface area contributed by atoms with Crippen molar-refractivity contribution >= 4 is 17.7 Å². The van der Waals surface area contributed by atoms with Gasteiger partial charge in [-0.15, -0.1) is 0 Å². The lowest BCUT2D eigenvalue weighted by Crippen LogP contribution is -2.25. The number of anilines is 1. The Labute approximate surface area is 104 Å². The van der Waals surface area contributed by atoms with Crippen LogP contribution in [-0.4, -0.2) is 51.7 Å². The van der Waals surface area contributed by atoms with Crippen molar-refractivity contribution in [3.05, 3.63) is 11.8 Å². The average molecular weight is 252 g/mol. The number of amides is 1. The molecule has 2 rings (SSSR count). The lowest BCUT2D eigenvalue weighted by molar-refractivity contribution is -0.116. The summed E-state index contributed by atoms with van der Waals surface area (Å²) in [7, 11) is 0. The monoisotopic (exact) mass is 252 g/mol. The van der Waals surface area contributed by atoms with Gasteiger partial charge in [-0.3, -0.25) is 9.89 Å². The van der Waals surface area contributed by atoms with Crippen LogP contribution in [0.25, 0.3) is 0 Å². The molecule has 0 unspecified atom stereocenters. The molecule has 1 saturated heterocycles. The molecule has 7 heteroatoms. The smallest absolute Gasteiger partial charge is 0.353 e. The van der Waals surface area contributed by atoms with Crippen LogP contribution < -0.4 is 5.32 Å². The van der Waals surface area contributed by atoms with Crippen LogP contribution in [0, 0.1) is 0 Å². The highest BCUT2D eigenvalue weighted by atomic mass is 16.4. The van der Waals surface area contributed by atoms with E-state index in [1.165, 1.54) is 18.9 Å². The van der Waals surface area contributed by atoms with E-state index >= 15 is 0 Å². The fraction of sp³-hybridized carbons (Fsp3) is 0.545. The normalized spacial score (nSPS) is 15.8. The van der Waals surface area contributed by atoms with Crippen LogP contribution >= 0.6 is 0 Å². The maximum absolute atomic E-state index is 11.6. The van der Waals surface area contributed by atoms with Crippen LogP contribution in [0.1, 0.15) is 29.8 Å². The summed E-state index contributed by atoms with van der Waals surface area (Å²) < 4.78 is 0. The van der Waals surface area contributed by atoms with Gasteiger partial charge in [-0.05, 0) is 25.9 Å². The van der Waals surface area contributed by atoms with Gasteiger partial charge in [0.25, 0.3) is 0 Å². The average Bonchev–Trinajstić information content (AvgIpc) is 2.96. The summed E-state index contributed by atoms with van der Waals surface area (Å²) in [6.45, 7) is 2.85. The number of likely N-dealkylation sites (tertiary alicyclic amines) is 1. The number of aromatic carboxylic acids is 1. The Morgan fingerprint density at radius 1 is 1.44 bits per heavy atom. The van der Waals surface area contributed by atoms with E-state index in [1.807, 2.05) is 0 Å². The third-order valence-electron chi connectivity index (χ3n) is 2.93. The number of carbonyl (C=O) groups is 2. The molecule has 1 aliphatic rings. The lowest BCUT2D eigenvalue weighted by atomic mass is 10.3. The second-order valence-corrected chi connectivity index (χ2v) is 4.32. The van der Waals surface area contributed by atoms with Crippen molar-refractivity contribution < 1.29 is 14.7 Å². The van der Waals surface area contributed by atoms with Gasteiger partial charge in [-0.1, -0.05) is 0 Å². The van der Waals surface area contributed by atoms with Crippen LogP contribution in [0.3, 0.4) is 0 Å². The van der Waals surface area contributed by atoms with Crippen molar-refractivity contribution in [1.29, 1.82) is 0 Å². The highest BCUT2D eigenvalue weighted by Gasteiger charge is 2.14. The van der Waals surface area contributed by atoms with Crippen LogP contribution in [0.4, 0.5) is 5.82 Å². The summed E-state index contributed by atoms with van der Waals surface area (Å²) in [5, 5.41) is 17.3. The molecule has 2 heterocycles. The molecule has 1 aliphatic heterocycles. The number of aromatic nitrogens is 2. The molecule has 0 radical (unpaired) electrons. The van der Waals surface area contributed by atoms with Gasteiger partial charge in [0, 0.05) is 19.0 Å². The minimum Gasteiger partial charge on any atom is -0.477 e. The number of nitrogens with one attached hydrogen (secondary N) is 2. The molecule has 18 heavy (non-hydrogen) atoms. The Hall–Kier alpha value is -1.89. The first kappa shape index (κ1) is 12.6. The van der Waals surface area contributed by atoms with E-state index < -0.39 is 5.97 Å². The summed E-state index contributed by atoms with van der Waals surface area (Å²) >= 11 is 0. The van der Waals surface area contributed by atoms with Gasteiger partial charge in [-0.25, -0.2) is 4.79 Å². The maximum Gasteiger partial charge on any atom is 0.353 e. The van der Waals surface area contributed by atoms with Gasteiger partial charge in [-0.2, -0.15) is 5.10 Å². The third-order valence-corrected chi connectivity index (χ3v) is 2.93. The second-order valence-electron chi connectivity index (χ2n) is 4.32. The van der Waals surface area contributed by atoms with Gasteiger partial charge < -0.3 is 15.3 Å². The van der Waals surface area contributed by atoms with E-state index in [0.717, 1.165) is 19.6 Å². The quantitative estimate of drug-likeness (QED) is 0.710. The molecule has 98 valence electrons. The van der Waals surface area contributed by atoms with E-state index in [4.69, 9.17) is 5.11 Å². The van der Waals surface area contributed by atoms with E-state index in [1.54, 1.807) is 0 Å². The predicted molar refractivity (Wildman–Crippen MR) is 64.5 cm³/mol. The zero-order valence-electron chi connectivity index (χ0n) is 9.98. The molecule has 0 atom stereocenters. The molecular formula is C11H16N4O3. The van der Waals surface area contributed by atoms with Crippen molar-refractivity contribution in [2.45, 2.75) is 19.3 Å². The molecular weight excluding hydrogens is 236 g/mol. The Bertz CT molecular complexity index is 437. The van der Waals surface area contributed by atoms with E-state index in [2.05, 4.69) is 20.4 Å². The van der Waals surface area contributed by atoms with Crippen molar-refractivity contribution in [3.63, 3.8) is 0 Å². The van der Waals surface area contributed by atoms with Crippen LogP contribution in [0.2, 0.25) is 0 Å². The SMILES string of the molecule is O=C(CCN1CCCC1)Nc1cc(C(=O)O)[nH]n1. The highest BCUT2D eigenvalue weighted by Crippen LogP contribution is 2.09. The summed E-state index contributed by atoms with van der Waals surface area (Å²) in [5.41, 5.74) is -0.0372. The van der Waals surface area contributed by atoms with Gasteiger partial charge in [0.2, 0.25) is 5.91 Å². The molecule has 1 amide bonds. The molecule has 0 aliphatic carbocycles. The molecule has 0 bridgehead atoms. The second kappa shape index (κ2) is 5.63. The zero-order valence-corrected chi connectivity index (χ0v) is 9.98. The first-order chi connectivity index (χ1) is 8.65. The van der Waals surface area contributed by atoms with Gasteiger partial charge >= 0.3 is 5.97 Å². The Morgan fingerprint density at radius 2 is 2.17 bits per heavy atom. The molecule has 1 fully saturated rings. The minimum absolute atomic E-state index is 0.0372. The molecule has 1 aromatic heterocycles. The van der Waals surface area contributed by atoms with Gasteiger partial charge in [0.15, 0.2) is 5.82 Å². The van der Waals surface area contributed by atoms with Gasteiger partial charge in [0.1, 0.15) is 5.69 Å². The minimum atomic E-state index is -1.10. The highest BCUT2D eigenvalue weighted by molar-refractivity contribution is 5.92. The summed E-state index contributed by atoms with van der Waals surface area (Å²) in [6, 6.07) is 1.30. The zero-order chi connectivity index (χ0) is 13.0. The lowest BCUT2D eigenvalue weighted by Gasteiger charge is -2.13. The van der Waals surface area contributed by atoms with E-state index in [9.17, 15) is 9.59 Å². The fourth-order valence-corrected chi connectivity index (χ4v) is 1.97. The van der Waals surface area contributed by atoms with Crippen molar-refractivity contribution in [2.75, 3.05) is 25.0 Å². The number of carbonyl (C=O) groups excluding carboxylic acids is 1. The summed E-state index contributed by atoms with van der Waals surface area (Å²) in [4.78, 5) is 24.5. The molecule has 3 N–H and O–H groups in total. The van der Waals surface area contributed by atoms with Crippen LogP contribution in [0.15, 0.2) is 6.07 Å². The van der Waals surface area contributed by atoms with Crippen LogP contribution in [-0.2, 0) is 4.79 Å². The van der Waals surface area contributed by atoms with Crippen molar-refractivity contribution in [1.82, 2.24) is 15.1 Å². The number of H-pyrrole nitrogens is 1. The van der Waals surface area contributed by atoms with E-state index in [-0.39, 0.29) is 17.4 Å². The molecule has 1 aromatic rings. The third kappa shape index (κ3) is 3.30. The number of hydrogen-bond donors (Lipinski definition) is 3. The van der Waals surface area contributed by atoms with Crippen LogP contribution in [0.5, 0.6) is 0 Å². The van der Waals surface area contributed by atoms with Crippen molar-refractivity contribution in [2.24, 2.45) is 0 Å². The number of rotatable bonds is 5. The van der Waals surface area contributed by atoms with Crippen molar-refractivity contribution in [3.8, 4) is 0 Å². The molecule has 0 spiro atoms. The largest absolute Gasteiger partial charge is 0.477 e. The first-order valence-electron chi connectivity index (χ1n) is 5.96. The number of hydrogen-bond acceptors (Lipinski definition) is 4. The number of aromatic amines is 1. The Kier molecular flexibility index (Phi) is 3.93. The first-order valence-corrected chi connectivity index (χ1v) is 5.96. The van der Waals surface area contributed by atoms with Gasteiger partial charge in [0.05, 0.1) is 0 Å². The number of nitrogens with zero attached hydrogens (tertiary/aromatic N) is 2.